The Morgan fingerprint density at radius 2 is 0.895 bits per heavy atom. The fourth-order valence-electron chi connectivity index (χ4n) is 13.7. The van der Waals surface area contributed by atoms with E-state index in [1.807, 2.05) is 0 Å². The van der Waals surface area contributed by atoms with Crippen LogP contribution in [0.1, 0.15) is 13.3 Å². The number of aliphatic hydroxyl groups is 28. The van der Waals surface area contributed by atoms with Crippen molar-refractivity contribution in [2.75, 3.05) is 66.0 Å². The molecule has 8 rings (SSSR count). The Morgan fingerprint density at radius 3 is 1.40 bits per heavy atom. The van der Waals surface area contributed by atoms with Crippen molar-refractivity contribution in [3.05, 3.63) is 0 Å². The first kappa shape index (κ1) is 96.2. The van der Waals surface area contributed by atoms with Gasteiger partial charge in [-0.15, -0.1) is 0 Å². The molecule has 0 spiro atoms. The minimum absolute atomic E-state index is 0.454. The predicted molar refractivity (Wildman–Crippen MR) is 342 cm³/mol. The van der Waals surface area contributed by atoms with Crippen LogP contribution in [0.25, 0.3) is 0 Å². The number of amides is 1. The zero-order valence-corrected chi connectivity index (χ0v) is 60.4. The Bertz CT molecular complexity index is 3080. The number of nitrogens with two attached hydrogens (primary N) is 1. The molecular formula is C59H101N2O52P. The third-order valence-electron chi connectivity index (χ3n) is 20.0. The number of phosphoric acid groups is 1. The molecule has 0 radical (unpaired) electrons. The van der Waals surface area contributed by atoms with Crippen molar-refractivity contribution in [2.24, 2.45) is 5.73 Å². The monoisotopic (exact) mass is 1700 g/mol. The molecule has 34 N–H and O–H groups in total. The van der Waals surface area contributed by atoms with E-state index in [0.717, 1.165) is 6.92 Å². The predicted octanol–water partition coefficient (Wildman–Crippen LogP) is -21.5. The summed E-state index contributed by atoms with van der Waals surface area (Å²) < 4.78 is 108. The van der Waals surface area contributed by atoms with E-state index in [9.17, 15) is 177 Å². The number of phosphoric ester groups is 1. The van der Waals surface area contributed by atoms with Gasteiger partial charge < -0.3 is 240 Å². The van der Waals surface area contributed by atoms with Gasteiger partial charge in [0.1, 0.15) is 214 Å². The van der Waals surface area contributed by atoms with Crippen LogP contribution in [0.15, 0.2) is 0 Å². The molecular weight excluding hydrogens is 1600 g/mol. The SMILES string of the molecule is CC(=O)N[C@H]1[C@H](O[C@@H]2[C@H](O)[C@@H](O[C@@H]3[C@H](O)[C@@H](O[C@H]4[C@@H]([C@H](O)CO)O[C@@](O)(C(=O)O)C[C@H]4O[C@@]4(C(=O)O)O[C@H]([C@@H](CO)OP(=O)(O)OCCN)[C@H](O)[C@H](O)[C@@H]4O)O[C@H]([C@@H](O)CO)[C@H]3O[C@@H]3O[C@H](CO)[C@@H](O)[C@H](O)[C@H]3O)O[C@H]([C@@H](O)CO[C@H]3O[C@H]([C@@H](O)CO[C@H]4O[C@H](CO)[C@H](O)[C@H](O)[C@H]4O)[C@@H](O)[C@H](O)[C@@H]3O)[C@H]2O)O[C@H](CO)[C@@H](O)[C@@H]1O. The van der Waals surface area contributed by atoms with E-state index in [4.69, 9.17) is 81.3 Å². The second-order valence-corrected chi connectivity index (χ2v) is 29.2. The van der Waals surface area contributed by atoms with Crippen LogP contribution >= 0.6 is 7.82 Å². The van der Waals surface area contributed by atoms with Gasteiger partial charge in [0.25, 0.3) is 11.6 Å². The molecule has 0 aromatic heterocycles. The van der Waals surface area contributed by atoms with Gasteiger partial charge in [0.2, 0.25) is 5.91 Å². The van der Waals surface area contributed by atoms with Crippen molar-refractivity contribution < 1.29 is 257 Å². The number of rotatable bonds is 35. The molecule has 0 aliphatic carbocycles. The number of carboxylic acids is 2. The maximum Gasteiger partial charge on any atom is 0.472 e. The van der Waals surface area contributed by atoms with E-state index < -0.39 is 367 Å². The molecule has 8 aliphatic heterocycles. The lowest BCUT2D eigenvalue weighted by Crippen LogP contribution is -2.73. The fourth-order valence-corrected chi connectivity index (χ4v) is 14.7. The summed E-state index contributed by atoms with van der Waals surface area (Å²) >= 11 is 0. The van der Waals surface area contributed by atoms with Crippen molar-refractivity contribution in [2.45, 2.75) is 282 Å². The summed E-state index contributed by atoms with van der Waals surface area (Å²) in [5.74, 6) is -14.1. The van der Waals surface area contributed by atoms with E-state index >= 15 is 0 Å². The number of nitrogens with one attached hydrogen (secondary N) is 1. The standard InChI is InChI=1S/C59H101N2O52P/c1-13(68)61-23-27(76)24(73)19(7-64)100-50(23)107-46-37(86)41(17(72)12-98-52-35(84)30(79)31(80)40(103-52)16(71)11-97-51-34(83)28(77)25(74)20(8-65)101-51)104-54(38(46)87)108-47-39(88)55(105-42(14(69)5-62)48(47)109-53-36(85)29(78)26(75)21(9-66)102-53)106-45-18(4-58(94,56(90)91)111-43(45)15(70)6-63)110-59(57(92)93)49(89)33(82)32(81)44(112-59)22(10-67)113-114(95,96)99-3-2-60/h14-55,62-67,69-89,94H,2-12,60H2,1H3,(H,61,68)(H,90,91)(H,92,93)(H,95,96)/t14-,15+,16-,17-,18+,19+,20+,21+,22+,23+,24+,25-,26+,27+,28-,29-,30-,31-,32+,33-,34+,35-,36+,37+,38-,39-,40+,41+,42+,43+,44+,45+,46-,47+,48+,49-,50-,51-,52-,53-,54+,55+,58+,59+/m0/s1. The summed E-state index contributed by atoms with van der Waals surface area (Å²) in [5.41, 5.74) is 5.32. The maximum absolute atomic E-state index is 13.7. The zero-order valence-electron chi connectivity index (χ0n) is 59.5. The number of hydrogen-bond donors (Lipinski definition) is 33. The lowest BCUT2D eigenvalue weighted by molar-refractivity contribution is -0.420. The lowest BCUT2D eigenvalue weighted by Gasteiger charge is -2.53. The summed E-state index contributed by atoms with van der Waals surface area (Å²) in [7, 11) is -5.47. The highest BCUT2D eigenvalue weighted by atomic mass is 31.2. The average molecular weight is 1700 g/mol. The number of carboxylic acid groups (broad SMARTS) is 2. The molecule has 8 saturated heterocycles. The molecule has 0 saturated carbocycles. The van der Waals surface area contributed by atoms with Gasteiger partial charge in [-0.3, -0.25) is 13.8 Å². The fraction of sp³-hybridized carbons (Fsp3) is 0.949. The molecule has 8 heterocycles. The molecule has 8 fully saturated rings. The molecule has 0 bridgehead atoms. The van der Waals surface area contributed by atoms with Gasteiger partial charge in [-0.25, -0.2) is 14.2 Å². The van der Waals surface area contributed by atoms with E-state index in [2.05, 4.69) is 9.84 Å². The Morgan fingerprint density at radius 1 is 0.465 bits per heavy atom. The van der Waals surface area contributed by atoms with Crippen LogP contribution in [-0.4, -0.2) is 511 Å². The largest absolute Gasteiger partial charge is 0.477 e. The summed E-state index contributed by atoms with van der Waals surface area (Å²) in [6.45, 7) is -10.8. The molecule has 55 heteroatoms. The molecule has 664 valence electrons. The second kappa shape index (κ2) is 40.6. The van der Waals surface area contributed by atoms with Crippen molar-refractivity contribution in [3.63, 3.8) is 0 Å². The van der Waals surface area contributed by atoms with Gasteiger partial charge >= 0.3 is 19.8 Å². The van der Waals surface area contributed by atoms with Crippen molar-refractivity contribution in [1.29, 1.82) is 0 Å². The van der Waals surface area contributed by atoms with Crippen LogP contribution in [0.3, 0.4) is 0 Å². The van der Waals surface area contributed by atoms with Crippen LogP contribution < -0.4 is 11.1 Å². The molecule has 54 nitrogen and oxygen atoms in total. The van der Waals surface area contributed by atoms with Crippen molar-refractivity contribution >= 4 is 25.7 Å². The molecule has 45 atom stereocenters. The van der Waals surface area contributed by atoms with E-state index in [1.165, 1.54) is 0 Å². The number of hydrogen-bond acceptors (Lipinski definition) is 50. The summed E-state index contributed by atoms with van der Waals surface area (Å²) in [4.78, 5) is 49.8. The topological polar surface area (TPSA) is 890 Å². The quantitative estimate of drug-likeness (QED) is 0.0262. The van der Waals surface area contributed by atoms with Gasteiger partial charge in [0.05, 0.1) is 65.6 Å². The number of aliphatic carboxylic acids is 2. The Labute approximate surface area is 640 Å². The van der Waals surface area contributed by atoms with Crippen LogP contribution in [0.4, 0.5) is 0 Å². The van der Waals surface area contributed by atoms with E-state index in [-0.39, 0.29) is 0 Å². The third kappa shape index (κ3) is 20.7. The number of ether oxygens (including phenoxy) is 15. The zero-order chi connectivity index (χ0) is 85.0. The van der Waals surface area contributed by atoms with Gasteiger partial charge in [-0.1, -0.05) is 0 Å². The molecule has 1 amide bonds. The summed E-state index contributed by atoms with van der Waals surface area (Å²) in [6, 6.07) is -1.99. The van der Waals surface area contributed by atoms with Gasteiger partial charge in [0.15, 0.2) is 37.7 Å². The maximum atomic E-state index is 13.7. The van der Waals surface area contributed by atoms with Gasteiger partial charge in [-0.2, -0.15) is 0 Å². The normalized spacial score (nSPS) is 47.0. The molecule has 8 aliphatic rings. The molecule has 0 aromatic rings. The number of carbonyl (C=O) groups is 3. The Kier molecular flexibility index (Phi) is 34.3. The Balaban J connectivity index is 1.22. The van der Waals surface area contributed by atoms with Crippen molar-refractivity contribution in [3.8, 4) is 0 Å². The highest BCUT2D eigenvalue weighted by molar-refractivity contribution is 7.47. The second-order valence-electron chi connectivity index (χ2n) is 27.8. The first-order valence-corrected chi connectivity index (χ1v) is 36.5. The third-order valence-corrected chi connectivity index (χ3v) is 21.0. The van der Waals surface area contributed by atoms with Crippen LogP contribution in [0, 0.1) is 0 Å². The van der Waals surface area contributed by atoms with Crippen LogP contribution in [0.2, 0.25) is 0 Å². The minimum Gasteiger partial charge on any atom is -0.477 e. The highest BCUT2D eigenvalue weighted by Gasteiger charge is 2.67. The van der Waals surface area contributed by atoms with Gasteiger partial charge in [0, 0.05) is 19.9 Å². The van der Waals surface area contributed by atoms with Crippen molar-refractivity contribution in [1.82, 2.24) is 5.32 Å². The Hall–Kier alpha value is -3.24. The van der Waals surface area contributed by atoms with E-state index in [1.54, 1.807) is 0 Å². The van der Waals surface area contributed by atoms with E-state index in [0.29, 0.717) is 0 Å². The first-order chi connectivity index (χ1) is 53.5. The van der Waals surface area contributed by atoms with Crippen LogP contribution in [0.5, 0.6) is 0 Å². The highest BCUT2D eigenvalue weighted by Crippen LogP contribution is 2.48. The lowest BCUT2D eigenvalue weighted by atomic mass is 9.88. The van der Waals surface area contributed by atoms with Gasteiger partial charge in [-0.05, 0) is 0 Å². The summed E-state index contributed by atoms with van der Waals surface area (Å²) in [6.07, 6.45) is -103. The summed E-state index contributed by atoms with van der Waals surface area (Å²) in [5, 5.41) is 335. The molecule has 1 unspecified atom stereocenters. The van der Waals surface area contributed by atoms with Crippen LogP contribution in [-0.2, 0) is 99.0 Å². The molecule has 0 aromatic carbocycles. The number of carbonyl (C=O) groups excluding carboxylic acids is 1. The smallest absolute Gasteiger partial charge is 0.472 e. The molecule has 114 heavy (non-hydrogen) atoms. The average Bonchev–Trinajstić information content (AvgIpc) is 0.728. The minimum atomic E-state index is -5.47. The first-order valence-electron chi connectivity index (χ1n) is 35.1. The number of aliphatic hydroxyl groups excluding tert-OH is 27.